The molecule has 21 heavy (non-hydrogen) atoms. The van der Waals surface area contributed by atoms with Crippen molar-refractivity contribution in [2.24, 2.45) is 0 Å². The lowest BCUT2D eigenvalue weighted by Crippen LogP contribution is -2.27. The van der Waals surface area contributed by atoms with Crippen LogP contribution in [-0.4, -0.2) is 36.6 Å². The fourth-order valence-corrected chi connectivity index (χ4v) is 2.79. The molecular weight excluding hydrogens is 267 g/mol. The number of fused-ring (bicyclic) bond motifs is 1. The van der Waals surface area contributed by atoms with Crippen LogP contribution in [0.1, 0.15) is 32.3 Å². The number of benzene rings is 1. The lowest BCUT2D eigenvalue weighted by atomic mass is 10.1. The van der Waals surface area contributed by atoms with Crippen molar-refractivity contribution in [2.45, 2.75) is 33.1 Å². The Hall–Kier alpha value is -1.55. The SMILES string of the molecule is CCCN(CCC)CCc1c[nH]c2c(F)cc(OC)cc12. The van der Waals surface area contributed by atoms with Gasteiger partial charge in [0.05, 0.1) is 12.6 Å². The fourth-order valence-electron chi connectivity index (χ4n) is 2.79. The molecule has 0 bridgehead atoms. The molecule has 0 saturated heterocycles. The first kappa shape index (κ1) is 15.8. The van der Waals surface area contributed by atoms with Crippen molar-refractivity contribution < 1.29 is 9.13 Å². The molecule has 0 aliphatic heterocycles. The van der Waals surface area contributed by atoms with Crippen LogP contribution in [0.25, 0.3) is 10.9 Å². The highest BCUT2D eigenvalue weighted by atomic mass is 19.1. The maximum absolute atomic E-state index is 14.0. The Labute approximate surface area is 126 Å². The van der Waals surface area contributed by atoms with Crippen LogP contribution in [0.3, 0.4) is 0 Å². The Kier molecular flexibility index (Phi) is 5.62. The van der Waals surface area contributed by atoms with Gasteiger partial charge in [-0.3, -0.25) is 0 Å². The number of halogens is 1. The van der Waals surface area contributed by atoms with Gasteiger partial charge in [-0.1, -0.05) is 13.8 Å². The second kappa shape index (κ2) is 7.46. The first-order valence-electron chi connectivity index (χ1n) is 7.75. The second-order valence-electron chi connectivity index (χ2n) is 5.44. The summed E-state index contributed by atoms with van der Waals surface area (Å²) < 4.78 is 19.1. The summed E-state index contributed by atoms with van der Waals surface area (Å²) >= 11 is 0. The molecule has 1 aromatic heterocycles. The minimum atomic E-state index is -0.255. The molecule has 0 amide bonds. The number of aromatic amines is 1. The van der Waals surface area contributed by atoms with E-state index < -0.39 is 0 Å². The molecule has 0 fully saturated rings. The molecule has 0 unspecified atom stereocenters. The standard InChI is InChI=1S/C17H25FN2O/c1-4-7-20(8-5-2)9-6-13-12-19-17-15(13)10-14(21-3)11-16(17)18/h10-12,19H,4-9H2,1-3H3. The predicted molar refractivity (Wildman–Crippen MR) is 85.5 cm³/mol. The van der Waals surface area contributed by atoms with E-state index in [0.29, 0.717) is 11.3 Å². The number of H-pyrrole nitrogens is 1. The second-order valence-corrected chi connectivity index (χ2v) is 5.44. The van der Waals surface area contributed by atoms with Crippen molar-refractivity contribution in [3.63, 3.8) is 0 Å². The normalized spacial score (nSPS) is 11.5. The van der Waals surface area contributed by atoms with Gasteiger partial charge in [0.25, 0.3) is 0 Å². The molecule has 0 radical (unpaired) electrons. The van der Waals surface area contributed by atoms with E-state index in [4.69, 9.17) is 4.74 Å². The van der Waals surface area contributed by atoms with Gasteiger partial charge in [-0.15, -0.1) is 0 Å². The van der Waals surface area contributed by atoms with E-state index in [-0.39, 0.29) is 5.82 Å². The quantitative estimate of drug-likeness (QED) is 0.797. The van der Waals surface area contributed by atoms with Crippen LogP contribution >= 0.6 is 0 Å². The summed E-state index contributed by atoms with van der Waals surface area (Å²) in [4.78, 5) is 5.51. The number of nitrogens with one attached hydrogen (secondary N) is 1. The topological polar surface area (TPSA) is 28.3 Å². The Balaban J connectivity index is 2.16. The molecule has 4 heteroatoms. The van der Waals surface area contributed by atoms with Gasteiger partial charge < -0.3 is 14.6 Å². The van der Waals surface area contributed by atoms with Gasteiger partial charge in [0.2, 0.25) is 0 Å². The van der Waals surface area contributed by atoms with Crippen molar-refractivity contribution in [2.75, 3.05) is 26.7 Å². The maximum atomic E-state index is 14.0. The lowest BCUT2D eigenvalue weighted by molar-refractivity contribution is 0.278. The van der Waals surface area contributed by atoms with Crippen LogP contribution in [0.5, 0.6) is 5.75 Å². The van der Waals surface area contributed by atoms with Crippen LogP contribution in [0.4, 0.5) is 4.39 Å². The first-order chi connectivity index (χ1) is 10.2. The third kappa shape index (κ3) is 3.76. The van der Waals surface area contributed by atoms with Crippen LogP contribution in [0.2, 0.25) is 0 Å². The summed E-state index contributed by atoms with van der Waals surface area (Å²) in [6.45, 7) is 7.65. The minimum Gasteiger partial charge on any atom is -0.497 e. The predicted octanol–water partition coefficient (Wildman–Crippen LogP) is 3.98. The molecule has 2 aromatic rings. The van der Waals surface area contributed by atoms with E-state index in [1.165, 1.54) is 6.07 Å². The van der Waals surface area contributed by atoms with Crippen molar-refractivity contribution in [3.05, 3.63) is 29.7 Å². The van der Waals surface area contributed by atoms with Crippen molar-refractivity contribution in [1.29, 1.82) is 0 Å². The number of hydrogen-bond donors (Lipinski definition) is 1. The van der Waals surface area contributed by atoms with Crippen LogP contribution in [0.15, 0.2) is 18.3 Å². The van der Waals surface area contributed by atoms with Crippen LogP contribution in [-0.2, 0) is 6.42 Å². The summed E-state index contributed by atoms with van der Waals surface area (Å²) in [6.07, 6.45) is 5.17. The number of ether oxygens (including phenoxy) is 1. The van der Waals surface area contributed by atoms with E-state index in [1.54, 1.807) is 7.11 Å². The molecule has 1 heterocycles. The molecule has 2 rings (SSSR count). The minimum absolute atomic E-state index is 0.255. The molecule has 0 aliphatic rings. The maximum Gasteiger partial charge on any atom is 0.150 e. The van der Waals surface area contributed by atoms with Crippen molar-refractivity contribution in [3.8, 4) is 5.75 Å². The smallest absolute Gasteiger partial charge is 0.150 e. The number of hydrogen-bond acceptors (Lipinski definition) is 2. The van der Waals surface area contributed by atoms with Crippen LogP contribution < -0.4 is 4.74 Å². The van der Waals surface area contributed by atoms with E-state index in [1.807, 2.05) is 12.3 Å². The number of rotatable bonds is 8. The third-order valence-electron chi connectivity index (χ3n) is 3.81. The highest BCUT2D eigenvalue weighted by Gasteiger charge is 2.11. The van der Waals surface area contributed by atoms with Gasteiger partial charge in [-0.2, -0.15) is 0 Å². The van der Waals surface area contributed by atoms with Crippen molar-refractivity contribution >= 4 is 10.9 Å². The molecule has 1 N–H and O–H groups in total. The van der Waals surface area contributed by atoms with E-state index in [9.17, 15) is 4.39 Å². The first-order valence-corrected chi connectivity index (χ1v) is 7.75. The van der Waals surface area contributed by atoms with Gasteiger partial charge in [0.15, 0.2) is 5.82 Å². The van der Waals surface area contributed by atoms with Gasteiger partial charge in [-0.05, 0) is 44.0 Å². The van der Waals surface area contributed by atoms with Gasteiger partial charge in [0.1, 0.15) is 5.75 Å². The van der Waals surface area contributed by atoms with E-state index >= 15 is 0 Å². The molecular formula is C17H25FN2O. The molecule has 0 spiro atoms. The largest absolute Gasteiger partial charge is 0.497 e. The molecule has 116 valence electrons. The molecule has 0 saturated carbocycles. The lowest BCUT2D eigenvalue weighted by Gasteiger charge is -2.20. The molecule has 3 nitrogen and oxygen atoms in total. The zero-order valence-corrected chi connectivity index (χ0v) is 13.2. The molecule has 0 atom stereocenters. The van der Waals surface area contributed by atoms with Gasteiger partial charge >= 0.3 is 0 Å². The third-order valence-corrected chi connectivity index (χ3v) is 3.81. The zero-order chi connectivity index (χ0) is 15.2. The molecule has 1 aromatic carbocycles. The fraction of sp³-hybridized carbons (Fsp3) is 0.529. The van der Waals surface area contributed by atoms with Gasteiger partial charge in [-0.25, -0.2) is 4.39 Å². The summed E-state index contributed by atoms with van der Waals surface area (Å²) in [5.74, 6) is 0.314. The Morgan fingerprint density at radius 3 is 2.48 bits per heavy atom. The average Bonchev–Trinajstić information content (AvgIpc) is 2.88. The summed E-state index contributed by atoms with van der Waals surface area (Å²) in [7, 11) is 1.57. The van der Waals surface area contributed by atoms with Crippen LogP contribution in [0, 0.1) is 5.82 Å². The Morgan fingerprint density at radius 1 is 1.14 bits per heavy atom. The zero-order valence-electron chi connectivity index (χ0n) is 13.2. The summed E-state index contributed by atoms with van der Waals surface area (Å²) in [6, 6.07) is 3.33. The Morgan fingerprint density at radius 2 is 1.86 bits per heavy atom. The Bertz CT molecular complexity index is 573. The van der Waals surface area contributed by atoms with Crippen molar-refractivity contribution in [1.82, 2.24) is 9.88 Å². The number of aromatic nitrogens is 1. The average molecular weight is 292 g/mol. The highest BCUT2D eigenvalue weighted by Crippen LogP contribution is 2.27. The van der Waals surface area contributed by atoms with E-state index in [2.05, 4.69) is 23.7 Å². The highest BCUT2D eigenvalue weighted by molar-refractivity contribution is 5.85. The number of nitrogens with zero attached hydrogens (tertiary/aromatic N) is 1. The summed E-state index contributed by atoms with van der Waals surface area (Å²) in [5.41, 5.74) is 1.73. The van der Waals surface area contributed by atoms with Gasteiger partial charge in [0, 0.05) is 24.2 Å². The summed E-state index contributed by atoms with van der Waals surface area (Å²) in [5, 5.41) is 0.930. The van der Waals surface area contributed by atoms with E-state index in [0.717, 1.165) is 49.8 Å². The monoisotopic (exact) mass is 292 g/mol. The molecule has 0 aliphatic carbocycles. The number of methoxy groups -OCH3 is 1.